The molecule has 1 aromatic heterocycles. The second kappa shape index (κ2) is 10.7. The van der Waals surface area contributed by atoms with Gasteiger partial charge in [-0.25, -0.2) is 0 Å². The highest BCUT2D eigenvalue weighted by Gasteiger charge is 2.32. The van der Waals surface area contributed by atoms with Crippen LogP contribution in [0.5, 0.6) is 0 Å². The molecule has 1 amide bonds. The molecule has 2 aromatic carbocycles. The molecular formula is C26H28N4O3. The van der Waals surface area contributed by atoms with Gasteiger partial charge in [-0.15, -0.1) is 0 Å². The number of amides is 1. The minimum Gasteiger partial charge on any atom is -0.480 e. The molecule has 4 rings (SSSR count). The van der Waals surface area contributed by atoms with Gasteiger partial charge in [-0.05, 0) is 29.8 Å². The van der Waals surface area contributed by atoms with Crippen LogP contribution in [0.4, 0.5) is 5.69 Å². The molecule has 33 heavy (non-hydrogen) atoms. The number of pyridine rings is 1. The van der Waals surface area contributed by atoms with Crippen LogP contribution in [0.3, 0.4) is 0 Å². The number of rotatable bonds is 8. The number of piperazine rings is 1. The van der Waals surface area contributed by atoms with Gasteiger partial charge in [0.1, 0.15) is 6.04 Å². The van der Waals surface area contributed by atoms with Crippen molar-refractivity contribution in [1.82, 2.24) is 14.8 Å². The Hall–Kier alpha value is -3.71. The van der Waals surface area contributed by atoms with Crippen molar-refractivity contribution in [2.75, 3.05) is 37.6 Å². The number of benzene rings is 2. The Balaban J connectivity index is 1.50. The third kappa shape index (κ3) is 5.75. The standard InChI is InChI=1S/C26H28N4O3/c31-25(22-9-5-2-6-10-22)30(19-21-7-3-1-4-8-21)20-24(26(32)33)29-17-15-28(16-18-29)23-11-13-27-14-12-23/h1-14,24H,15-20H2,(H,32,33). The average molecular weight is 445 g/mol. The molecule has 0 bridgehead atoms. The lowest BCUT2D eigenvalue weighted by Crippen LogP contribution is -2.56. The number of carbonyl (C=O) groups is 2. The van der Waals surface area contributed by atoms with Crippen molar-refractivity contribution >= 4 is 17.6 Å². The lowest BCUT2D eigenvalue weighted by molar-refractivity contribution is -0.144. The van der Waals surface area contributed by atoms with Gasteiger partial charge in [-0.2, -0.15) is 0 Å². The number of carboxylic acid groups (broad SMARTS) is 1. The molecule has 1 atom stereocenters. The third-order valence-corrected chi connectivity index (χ3v) is 5.99. The quantitative estimate of drug-likeness (QED) is 0.576. The summed E-state index contributed by atoms with van der Waals surface area (Å²) in [4.78, 5) is 35.5. The monoisotopic (exact) mass is 444 g/mol. The molecule has 1 N–H and O–H groups in total. The van der Waals surface area contributed by atoms with Crippen molar-refractivity contribution in [3.63, 3.8) is 0 Å². The van der Waals surface area contributed by atoms with Crippen molar-refractivity contribution in [3.05, 3.63) is 96.3 Å². The van der Waals surface area contributed by atoms with Gasteiger partial charge >= 0.3 is 5.97 Å². The lowest BCUT2D eigenvalue weighted by Gasteiger charge is -2.40. The van der Waals surface area contributed by atoms with Gasteiger partial charge in [0.15, 0.2) is 0 Å². The number of nitrogens with zero attached hydrogens (tertiary/aromatic N) is 4. The summed E-state index contributed by atoms with van der Waals surface area (Å²) in [6.07, 6.45) is 3.52. The maximum atomic E-state index is 13.3. The van der Waals surface area contributed by atoms with Crippen LogP contribution < -0.4 is 4.90 Å². The fraction of sp³-hybridized carbons (Fsp3) is 0.269. The van der Waals surface area contributed by atoms with E-state index in [1.807, 2.05) is 65.6 Å². The van der Waals surface area contributed by atoms with Crippen LogP contribution in [-0.2, 0) is 11.3 Å². The van der Waals surface area contributed by atoms with Gasteiger partial charge in [0.25, 0.3) is 5.91 Å². The second-order valence-electron chi connectivity index (χ2n) is 8.12. The van der Waals surface area contributed by atoms with Gasteiger partial charge < -0.3 is 14.9 Å². The molecule has 170 valence electrons. The Kier molecular flexibility index (Phi) is 7.32. The highest BCUT2D eigenvalue weighted by atomic mass is 16.4. The van der Waals surface area contributed by atoms with E-state index in [1.54, 1.807) is 29.4 Å². The smallest absolute Gasteiger partial charge is 0.322 e. The first-order chi connectivity index (χ1) is 16.1. The van der Waals surface area contributed by atoms with Crippen molar-refractivity contribution in [3.8, 4) is 0 Å². The van der Waals surface area contributed by atoms with Crippen molar-refractivity contribution in [2.45, 2.75) is 12.6 Å². The van der Waals surface area contributed by atoms with E-state index in [-0.39, 0.29) is 12.5 Å². The summed E-state index contributed by atoms with van der Waals surface area (Å²) in [6.45, 7) is 3.14. The summed E-state index contributed by atoms with van der Waals surface area (Å²) in [5.74, 6) is -1.08. The normalized spacial score (nSPS) is 15.1. The minimum atomic E-state index is -0.911. The second-order valence-corrected chi connectivity index (χ2v) is 8.12. The zero-order valence-electron chi connectivity index (χ0n) is 18.5. The Morgan fingerprint density at radius 2 is 1.48 bits per heavy atom. The maximum Gasteiger partial charge on any atom is 0.322 e. The van der Waals surface area contributed by atoms with Crippen LogP contribution in [0.25, 0.3) is 0 Å². The number of aliphatic carboxylic acids is 1. The predicted octanol–water partition coefficient (Wildman–Crippen LogP) is 3.00. The fourth-order valence-electron chi connectivity index (χ4n) is 4.19. The predicted molar refractivity (Wildman–Crippen MR) is 127 cm³/mol. The van der Waals surface area contributed by atoms with E-state index in [9.17, 15) is 14.7 Å². The Labute approximate surface area is 193 Å². The van der Waals surface area contributed by atoms with Gasteiger partial charge in [0, 0.05) is 62.9 Å². The molecule has 1 saturated heterocycles. The summed E-state index contributed by atoms with van der Waals surface area (Å²) in [7, 11) is 0. The van der Waals surface area contributed by atoms with E-state index >= 15 is 0 Å². The Morgan fingerprint density at radius 3 is 2.09 bits per heavy atom. The number of anilines is 1. The fourth-order valence-corrected chi connectivity index (χ4v) is 4.19. The number of carboxylic acids is 1. The zero-order valence-corrected chi connectivity index (χ0v) is 18.5. The van der Waals surface area contributed by atoms with Gasteiger partial charge in [-0.3, -0.25) is 19.5 Å². The first-order valence-corrected chi connectivity index (χ1v) is 11.1. The van der Waals surface area contributed by atoms with E-state index in [1.165, 1.54) is 0 Å². The SMILES string of the molecule is O=C(O)C(CN(Cc1ccccc1)C(=O)c1ccccc1)N1CCN(c2ccncc2)CC1. The van der Waals surface area contributed by atoms with Crippen molar-refractivity contribution in [1.29, 1.82) is 0 Å². The van der Waals surface area contributed by atoms with Crippen LogP contribution in [0.15, 0.2) is 85.2 Å². The lowest BCUT2D eigenvalue weighted by atomic mass is 10.1. The first kappa shape index (κ1) is 22.5. The average Bonchev–Trinajstić information content (AvgIpc) is 2.87. The van der Waals surface area contributed by atoms with Crippen molar-refractivity contribution in [2.24, 2.45) is 0 Å². The molecule has 1 aliphatic heterocycles. The van der Waals surface area contributed by atoms with Gasteiger partial charge in [0.2, 0.25) is 0 Å². The molecule has 0 spiro atoms. The topological polar surface area (TPSA) is 77.0 Å². The zero-order chi connectivity index (χ0) is 23.0. The number of aromatic nitrogens is 1. The largest absolute Gasteiger partial charge is 0.480 e. The number of hydrogen-bond acceptors (Lipinski definition) is 5. The summed E-state index contributed by atoms with van der Waals surface area (Å²) in [5, 5.41) is 10.1. The molecule has 2 heterocycles. The highest BCUT2D eigenvalue weighted by molar-refractivity contribution is 5.94. The Morgan fingerprint density at radius 1 is 0.879 bits per heavy atom. The van der Waals surface area contributed by atoms with Crippen LogP contribution in [0.2, 0.25) is 0 Å². The molecule has 1 fully saturated rings. The molecule has 0 radical (unpaired) electrons. The molecule has 3 aromatic rings. The minimum absolute atomic E-state index is 0.118. The van der Waals surface area contributed by atoms with E-state index in [0.29, 0.717) is 25.2 Å². The van der Waals surface area contributed by atoms with Gasteiger partial charge in [-0.1, -0.05) is 48.5 Å². The number of hydrogen-bond donors (Lipinski definition) is 1. The molecule has 0 aliphatic carbocycles. The van der Waals surface area contributed by atoms with Crippen LogP contribution in [0, 0.1) is 0 Å². The third-order valence-electron chi connectivity index (χ3n) is 5.99. The molecular weight excluding hydrogens is 416 g/mol. The Bertz CT molecular complexity index is 1040. The van der Waals surface area contributed by atoms with Crippen LogP contribution >= 0.6 is 0 Å². The van der Waals surface area contributed by atoms with E-state index in [0.717, 1.165) is 24.3 Å². The summed E-state index contributed by atoms with van der Waals surface area (Å²) in [6, 6.07) is 21.9. The molecule has 7 heteroatoms. The number of carbonyl (C=O) groups excluding carboxylic acids is 1. The molecule has 1 aliphatic rings. The van der Waals surface area contributed by atoms with E-state index in [2.05, 4.69) is 9.88 Å². The first-order valence-electron chi connectivity index (χ1n) is 11.1. The van der Waals surface area contributed by atoms with Crippen molar-refractivity contribution < 1.29 is 14.7 Å². The van der Waals surface area contributed by atoms with Crippen LogP contribution in [-0.4, -0.2) is 70.5 Å². The van der Waals surface area contributed by atoms with E-state index in [4.69, 9.17) is 0 Å². The summed E-state index contributed by atoms with van der Waals surface area (Å²) in [5.41, 5.74) is 2.61. The summed E-state index contributed by atoms with van der Waals surface area (Å²) >= 11 is 0. The molecule has 7 nitrogen and oxygen atoms in total. The highest BCUT2D eigenvalue weighted by Crippen LogP contribution is 2.18. The van der Waals surface area contributed by atoms with E-state index < -0.39 is 12.0 Å². The van der Waals surface area contributed by atoms with Crippen LogP contribution in [0.1, 0.15) is 15.9 Å². The van der Waals surface area contributed by atoms with Gasteiger partial charge in [0.05, 0.1) is 0 Å². The maximum absolute atomic E-state index is 13.3. The summed E-state index contributed by atoms with van der Waals surface area (Å²) < 4.78 is 0. The molecule has 0 saturated carbocycles. The molecule has 1 unspecified atom stereocenters.